The molecule has 0 aliphatic heterocycles. The Balaban J connectivity index is 1.64. The first-order chi connectivity index (χ1) is 11.8. The topological polar surface area (TPSA) is 82.6 Å². The largest absolute Gasteiger partial charge is 0.345 e. The van der Waals surface area contributed by atoms with E-state index in [-0.39, 0.29) is 5.91 Å². The molecule has 3 heterocycles. The smallest absolute Gasteiger partial charge is 0.272 e. The molecule has 25 heavy (non-hydrogen) atoms. The lowest BCUT2D eigenvalue weighted by Crippen LogP contribution is -2.24. The third kappa shape index (κ3) is 3.65. The van der Waals surface area contributed by atoms with Crippen molar-refractivity contribution in [1.29, 1.82) is 0 Å². The summed E-state index contributed by atoms with van der Waals surface area (Å²) in [5.74, 6) is -0.225. The lowest BCUT2D eigenvalue weighted by atomic mass is 10.3. The highest BCUT2D eigenvalue weighted by atomic mass is 79.9. The molecule has 3 aromatic heterocycles. The monoisotopic (exact) mass is 405 g/mol. The van der Waals surface area contributed by atoms with Crippen molar-refractivity contribution >= 4 is 21.8 Å². The van der Waals surface area contributed by atoms with Crippen LogP contribution < -0.4 is 5.32 Å². The van der Waals surface area contributed by atoms with Crippen LogP contribution in [-0.4, -0.2) is 35.2 Å². The van der Waals surface area contributed by atoms with Crippen LogP contribution in [0.5, 0.6) is 0 Å². The summed E-state index contributed by atoms with van der Waals surface area (Å²) in [6, 6.07) is 3.64. The first-order valence-electron chi connectivity index (χ1n) is 7.86. The van der Waals surface area contributed by atoms with Crippen LogP contribution in [0.2, 0.25) is 0 Å². The second-order valence-electron chi connectivity index (χ2n) is 5.95. The van der Waals surface area contributed by atoms with Crippen molar-refractivity contribution in [2.24, 2.45) is 7.05 Å². The van der Waals surface area contributed by atoms with Gasteiger partial charge in [-0.05, 0) is 48.8 Å². The van der Waals surface area contributed by atoms with Crippen molar-refractivity contribution in [2.45, 2.75) is 34.0 Å². The lowest BCUT2D eigenvalue weighted by molar-refractivity contribution is 0.0944. The van der Waals surface area contributed by atoms with Crippen LogP contribution in [0.15, 0.2) is 22.8 Å². The second kappa shape index (κ2) is 6.83. The zero-order valence-electron chi connectivity index (χ0n) is 14.6. The van der Waals surface area contributed by atoms with E-state index >= 15 is 0 Å². The maximum absolute atomic E-state index is 12.2. The zero-order valence-corrected chi connectivity index (χ0v) is 16.2. The van der Waals surface area contributed by atoms with Gasteiger partial charge in [-0.15, -0.1) is 0 Å². The fraction of sp³-hybridized carbons (Fsp3) is 0.375. The number of hydrogen-bond acceptors (Lipinski definition) is 4. The Morgan fingerprint density at radius 3 is 2.60 bits per heavy atom. The number of carbonyl (C=O) groups is 1. The van der Waals surface area contributed by atoms with Crippen LogP contribution in [0.1, 0.15) is 33.3 Å². The maximum Gasteiger partial charge on any atom is 0.272 e. The van der Waals surface area contributed by atoms with E-state index in [9.17, 15) is 4.79 Å². The van der Waals surface area contributed by atoms with Gasteiger partial charge < -0.3 is 5.32 Å². The molecule has 0 fully saturated rings. The number of halogens is 1. The Hall–Kier alpha value is -2.42. The molecule has 1 N–H and O–H groups in total. The summed E-state index contributed by atoms with van der Waals surface area (Å²) in [4.78, 5) is 12.2. The molecule has 0 saturated heterocycles. The number of nitrogens with zero attached hydrogens (tertiary/aromatic N) is 6. The maximum atomic E-state index is 12.2. The number of rotatable bonds is 5. The summed E-state index contributed by atoms with van der Waals surface area (Å²) in [5.41, 5.74) is 4.18. The Kier molecular flexibility index (Phi) is 4.76. The van der Waals surface area contributed by atoms with Crippen molar-refractivity contribution in [2.75, 3.05) is 0 Å². The van der Waals surface area contributed by atoms with Crippen molar-refractivity contribution in [1.82, 2.24) is 34.7 Å². The molecule has 0 atom stereocenters. The van der Waals surface area contributed by atoms with E-state index in [1.807, 2.05) is 38.6 Å². The number of hydrogen-bond donors (Lipinski definition) is 1. The summed E-state index contributed by atoms with van der Waals surface area (Å²) < 4.78 is 6.29. The van der Waals surface area contributed by atoms with E-state index in [1.165, 1.54) is 0 Å². The molecular weight excluding hydrogens is 386 g/mol. The first-order valence-corrected chi connectivity index (χ1v) is 8.65. The van der Waals surface area contributed by atoms with Gasteiger partial charge in [-0.2, -0.15) is 15.3 Å². The third-order valence-electron chi connectivity index (χ3n) is 4.04. The molecule has 0 aliphatic carbocycles. The minimum absolute atomic E-state index is 0.225. The van der Waals surface area contributed by atoms with Gasteiger partial charge >= 0.3 is 0 Å². The van der Waals surface area contributed by atoms with E-state index < -0.39 is 0 Å². The summed E-state index contributed by atoms with van der Waals surface area (Å²) >= 11 is 3.51. The molecule has 132 valence electrons. The number of aryl methyl sites for hydroxylation is 3. The van der Waals surface area contributed by atoms with Gasteiger partial charge in [0.2, 0.25) is 0 Å². The minimum atomic E-state index is -0.225. The van der Waals surface area contributed by atoms with Crippen LogP contribution in [-0.2, 0) is 20.3 Å². The second-order valence-corrected chi connectivity index (χ2v) is 6.74. The Labute approximate surface area is 154 Å². The fourth-order valence-corrected chi connectivity index (χ4v) is 2.78. The van der Waals surface area contributed by atoms with Gasteiger partial charge in [0.05, 0.1) is 28.1 Å². The summed E-state index contributed by atoms with van der Waals surface area (Å²) in [6.07, 6.45) is 1.77. The van der Waals surface area contributed by atoms with Gasteiger partial charge in [-0.25, -0.2) is 4.68 Å². The standard InChI is InChI=1S/C16H20BrN7O/c1-10-7-13(20-22(10)4)8-18-16(25)14-5-6-23(21-14)9-24-12(3)15(17)11(2)19-24/h5-7H,8-9H2,1-4H3,(H,18,25). The predicted molar refractivity (Wildman–Crippen MR) is 96.1 cm³/mol. The first kappa shape index (κ1) is 17.4. The van der Waals surface area contributed by atoms with Crippen molar-refractivity contribution < 1.29 is 4.79 Å². The van der Waals surface area contributed by atoms with Gasteiger partial charge in [0, 0.05) is 18.9 Å². The highest BCUT2D eigenvalue weighted by Gasteiger charge is 2.13. The van der Waals surface area contributed by atoms with Gasteiger partial charge in [0.1, 0.15) is 12.4 Å². The van der Waals surface area contributed by atoms with Gasteiger partial charge in [-0.3, -0.25) is 14.2 Å². The predicted octanol–water partition coefficient (Wildman–Crippen LogP) is 1.94. The molecule has 1 amide bonds. The molecule has 0 aliphatic rings. The van der Waals surface area contributed by atoms with E-state index in [4.69, 9.17) is 0 Å². The molecular formula is C16H20BrN7O. The van der Waals surface area contributed by atoms with Gasteiger partial charge in [0.25, 0.3) is 5.91 Å². The normalized spacial score (nSPS) is 11.1. The quantitative estimate of drug-likeness (QED) is 0.702. The highest BCUT2D eigenvalue weighted by Crippen LogP contribution is 2.19. The van der Waals surface area contributed by atoms with Crippen molar-refractivity contribution in [3.63, 3.8) is 0 Å². The Morgan fingerprint density at radius 2 is 2.00 bits per heavy atom. The van der Waals surface area contributed by atoms with E-state index in [2.05, 4.69) is 36.5 Å². The Bertz CT molecular complexity index is 902. The molecule has 0 bridgehead atoms. The summed E-state index contributed by atoms with van der Waals surface area (Å²) in [6.45, 7) is 6.71. The molecule has 8 nitrogen and oxygen atoms in total. The lowest BCUT2D eigenvalue weighted by Gasteiger charge is -2.04. The molecule has 3 aromatic rings. The third-order valence-corrected chi connectivity index (χ3v) is 5.19. The fourth-order valence-electron chi connectivity index (χ4n) is 2.49. The number of amides is 1. The van der Waals surface area contributed by atoms with Crippen molar-refractivity contribution in [3.05, 3.63) is 51.3 Å². The molecule has 0 spiro atoms. The Morgan fingerprint density at radius 1 is 1.24 bits per heavy atom. The van der Waals surface area contributed by atoms with E-state index in [1.54, 1.807) is 21.6 Å². The summed E-state index contributed by atoms with van der Waals surface area (Å²) in [7, 11) is 1.87. The highest BCUT2D eigenvalue weighted by molar-refractivity contribution is 9.10. The molecule has 0 saturated carbocycles. The molecule has 3 rings (SSSR count). The SMILES string of the molecule is Cc1nn(Cn2ccc(C(=O)NCc3cc(C)n(C)n3)n2)c(C)c1Br. The van der Waals surface area contributed by atoms with E-state index in [0.717, 1.165) is 27.2 Å². The van der Waals surface area contributed by atoms with Gasteiger partial charge in [0.15, 0.2) is 0 Å². The average Bonchev–Trinajstić information content (AvgIpc) is 3.23. The minimum Gasteiger partial charge on any atom is -0.345 e. The molecule has 0 radical (unpaired) electrons. The van der Waals surface area contributed by atoms with Crippen LogP contribution in [0.3, 0.4) is 0 Å². The van der Waals surface area contributed by atoms with Crippen LogP contribution in [0.4, 0.5) is 0 Å². The molecule has 9 heteroatoms. The van der Waals surface area contributed by atoms with E-state index in [0.29, 0.717) is 18.9 Å². The van der Waals surface area contributed by atoms with Crippen LogP contribution >= 0.6 is 15.9 Å². The molecule has 0 unspecified atom stereocenters. The zero-order chi connectivity index (χ0) is 18.1. The molecule has 0 aromatic carbocycles. The van der Waals surface area contributed by atoms with Crippen LogP contribution in [0, 0.1) is 20.8 Å². The van der Waals surface area contributed by atoms with Crippen LogP contribution in [0.25, 0.3) is 0 Å². The number of carbonyl (C=O) groups excluding carboxylic acids is 1. The number of aromatic nitrogens is 6. The average molecular weight is 406 g/mol. The number of nitrogens with one attached hydrogen (secondary N) is 1. The summed E-state index contributed by atoms with van der Waals surface area (Å²) in [5, 5.41) is 15.9. The van der Waals surface area contributed by atoms with Crippen molar-refractivity contribution in [3.8, 4) is 0 Å². The van der Waals surface area contributed by atoms with Gasteiger partial charge in [-0.1, -0.05) is 0 Å².